The first-order chi connectivity index (χ1) is 33.3. The Hall–Kier alpha value is -3.52. The van der Waals surface area contributed by atoms with Crippen molar-refractivity contribution >= 4 is 58.8 Å². The van der Waals surface area contributed by atoms with Crippen LogP contribution in [-0.4, -0.2) is 103 Å². The number of hydrogen-bond donors (Lipinski definition) is 3. The first kappa shape index (κ1) is 57.8. The molecule has 0 radical (unpaired) electrons. The summed E-state index contributed by atoms with van der Waals surface area (Å²) in [6, 6.07) is 23.9. The number of rotatable bonds is 15. The molecular weight excluding hydrogens is 1090 g/mol. The zero-order valence-electron chi connectivity index (χ0n) is 39.9. The maximum Gasteiger partial charge on any atom is 0.137 e. The molecule has 8 atom stereocenters. The maximum atomic E-state index is 11.5. The number of aromatic nitrogens is 9. The molecule has 18 heteroatoms. The van der Waals surface area contributed by atoms with Crippen molar-refractivity contribution in [2.24, 2.45) is 34.0 Å². The van der Waals surface area contributed by atoms with E-state index in [-0.39, 0.29) is 81.1 Å². The topological polar surface area (TPSA) is 171 Å². The number of aliphatic hydroxyl groups is 3. The van der Waals surface area contributed by atoms with E-state index < -0.39 is 11.0 Å². The molecule has 8 unspecified atom stereocenters. The predicted octanol–water partition coefficient (Wildman–Crippen LogP) is 10.3. The summed E-state index contributed by atoms with van der Waals surface area (Å²) in [6.07, 6.45) is 19.8. The zero-order chi connectivity index (χ0) is 48.3. The summed E-state index contributed by atoms with van der Waals surface area (Å²) in [5.74, 6) is 0.917. The van der Waals surface area contributed by atoms with Crippen LogP contribution in [-0.2, 0) is 48.4 Å². The molecule has 3 N–H and O–H groups in total. The molecule has 3 aromatic heterocycles. The third-order valence-corrected chi connectivity index (χ3v) is 17.9. The molecule has 2 saturated heterocycles. The second-order valence-corrected chi connectivity index (χ2v) is 21.9. The van der Waals surface area contributed by atoms with Crippen molar-refractivity contribution in [3.63, 3.8) is 0 Å². The van der Waals surface area contributed by atoms with Crippen LogP contribution in [0.15, 0.2) is 111 Å². The number of benzene rings is 3. The average molecular weight is 1160 g/mol. The number of aliphatic hydroxyl groups excluding tert-OH is 2. The molecule has 5 heterocycles. The van der Waals surface area contributed by atoms with Crippen LogP contribution >= 0.6 is 58.8 Å². The third kappa shape index (κ3) is 11.1. The van der Waals surface area contributed by atoms with E-state index in [1.807, 2.05) is 57.9 Å². The maximum absolute atomic E-state index is 11.5. The summed E-state index contributed by atoms with van der Waals surface area (Å²) in [6.45, 7) is 7.64. The quantitative estimate of drug-likeness (QED) is 0.0836. The van der Waals surface area contributed by atoms with Gasteiger partial charge in [0.15, 0.2) is 0 Å². The lowest BCUT2D eigenvalue weighted by atomic mass is 9.64. The van der Waals surface area contributed by atoms with Gasteiger partial charge in [-0.05, 0) is 135 Å². The van der Waals surface area contributed by atoms with E-state index in [1.165, 1.54) is 55.9 Å². The third-order valence-electron chi connectivity index (χ3n) is 17.1. The van der Waals surface area contributed by atoms with Gasteiger partial charge in [0.25, 0.3) is 0 Å². The van der Waals surface area contributed by atoms with Crippen molar-refractivity contribution < 1.29 is 24.8 Å². The molecule has 5 fully saturated rings. The molecule has 2 aliphatic heterocycles. The van der Waals surface area contributed by atoms with Crippen LogP contribution in [0.5, 0.6) is 0 Å². The molecule has 14 nitrogen and oxygen atoms in total. The lowest BCUT2D eigenvalue weighted by Crippen LogP contribution is -2.65. The SMILES string of the molecule is C.C.CC12CCC(Cc3ccc(Cl)cc3)C1(Cn1cncn1)OC2.CCC12CCC(Cc3ccc(Cl)cc3)C1(Cn1cncn1)OC2.I.OCC1(CO)CCC(Cc2ccc(Cl)cc2)C1(O)Cn1cncn1. The molecule has 3 saturated carbocycles. The van der Waals surface area contributed by atoms with Gasteiger partial charge in [-0.1, -0.05) is 99.9 Å². The van der Waals surface area contributed by atoms with Gasteiger partial charge < -0.3 is 24.8 Å². The second kappa shape index (κ2) is 24.0. The number of nitrogens with zero attached hydrogens (tertiary/aromatic N) is 9. The largest absolute Gasteiger partial charge is 0.396 e. The van der Waals surface area contributed by atoms with Crippen LogP contribution < -0.4 is 0 Å². The number of fused-ring (bicyclic) bond motifs is 2. The van der Waals surface area contributed by atoms with Crippen LogP contribution in [0, 0.1) is 34.0 Å². The fraction of sp³-hybridized carbons (Fsp3) is 0.556. The predicted molar refractivity (Wildman–Crippen MR) is 292 cm³/mol. The smallest absolute Gasteiger partial charge is 0.137 e. The van der Waals surface area contributed by atoms with Crippen molar-refractivity contribution in [3.05, 3.63) is 143 Å². The van der Waals surface area contributed by atoms with Gasteiger partial charge in [0, 0.05) is 31.3 Å². The van der Waals surface area contributed by atoms with Crippen molar-refractivity contribution in [1.29, 1.82) is 0 Å². The Morgan fingerprint density at radius 3 is 1.36 bits per heavy atom. The fourth-order valence-corrected chi connectivity index (χ4v) is 13.1. The summed E-state index contributed by atoms with van der Waals surface area (Å²) in [4.78, 5) is 12.1. The summed E-state index contributed by atoms with van der Waals surface area (Å²) < 4.78 is 17.9. The zero-order valence-corrected chi connectivity index (χ0v) is 44.5. The van der Waals surface area contributed by atoms with E-state index in [0.29, 0.717) is 35.1 Å². The van der Waals surface area contributed by atoms with Crippen molar-refractivity contribution in [2.45, 2.75) is 129 Å². The Labute approximate surface area is 457 Å². The van der Waals surface area contributed by atoms with E-state index >= 15 is 0 Å². The Kier molecular flexibility index (Phi) is 19.2. The van der Waals surface area contributed by atoms with E-state index in [0.717, 1.165) is 61.2 Å². The normalized spacial score (nSPS) is 29.2. The Morgan fingerprint density at radius 2 is 0.972 bits per heavy atom. The molecule has 0 spiro atoms. The summed E-state index contributed by atoms with van der Waals surface area (Å²) in [5, 5.41) is 46.3. The lowest BCUT2D eigenvalue weighted by molar-refractivity contribution is -0.276. The lowest BCUT2D eigenvalue weighted by Gasteiger charge is -2.57. The Balaban J connectivity index is 0.000000173. The molecule has 0 bridgehead atoms. The molecule has 11 rings (SSSR count). The van der Waals surface area contributed by atoms with E-state index in [9.17, 15) is 15.3 Å². The van der Waals surface area contributed by atoms with Crippen molar-refractivity contribution in [3.8, 4) is 0 Å². The number of halogens is 4. The van der Waals surface area contributed by atoms with Gasteiger partial charge in [0.1, 0.15) is 38.0 Å². The Bertz CT molecular complexity index is 2560. The van der Waals surface area contributed by atoms with E-state index in [4.69, 9.17) is 44.3 Å². The monoisotopic (exact) mass is 1160 g/mol. The molecular formula is C54H73Cl3IN9O5. The number of hydrogen-bond acceptors (Lipinski definition) is 11. The van der Waals surface area contributed by atoms with Gasteiger partial charge >= 0.3 is 0 Å². The van der Waals surface area contributed by atoms with E-state index in [2.05, 4.69) is 68.4 Å². The van der Waals surface area contributed by atoms with Crippen LogP contribution in [0.25, 0.3) is 0 Å². The molecule has 392 valence electrons. The average Bonchev–Trinajstić information content (AvgIpc) is 4.23. The molecule has 0 amide bonds. The highest BCUT2D eigenvalue weighted by Crippen LogP contribution is 2.63. The minimum atomic E-state index is -1.27. The van der Waals surface area contributed by atoms with Crippen molar-refractivity contribution in [2.75, 3.05) is 26.4 Å². The van der Waals surface area contributed by atoms with Gasteiger partial charge in [-0.3, -0.25) is 14.0 Å². The van der Waals surface area contributed by atoms with Gasteiger partial charge in [0.2, 0.25) is 0 Å². The number of ether oxygens (including phenoxy) is 2. The van der Waals surface area contributed by atoms with Gasteiger partial charge in [-0.2, -0.15) is 15.3 Å². The minimum absolute atomic E-state index is 0. The molecule has 72 heavy (non-hydrogen) atoms. The summed E-state index contributed by atoms with van der Waals surface area (Å²) in [5.41, 5.74) is 1.85. The van der Waals surface area contributed by atoms with Crippen LogP contribution in [0.2, 0.25) is 15.1 Å². The van der Waals surface area contributed by atoms with Crippen LogP contribution in [0.3, 0.4) is 0 Å². The van der Waals surface area contributed by atoms with Crippen molar-refractivity contribution in [1.82, 2.24) is 44.3 Å². The first-order valence-electron chi connectivity index (χ1n) is 24.2. The molecule has 3 aromatic carbocycles. The minimum Gasteiger partial charge on any atom is -0.396 e. The highest BCUT2D eigenvalue weighted by atomic mass is 127. The van der Waals surface area contributed by atoms with Gasteiger partial charge in [-0.15, -0.1) is 24.0 Å². The first-order valence-corrected chi connectivity index (χ1v) is 25.4. The fourth-order valence-electron chi connectivity index (χ4n) is 12.7. The standard InChI is InChI=1S/C18H22ClN3O.C17H22ClN3O3.C17H20ClN3O.2CH4.HI/c1-2-17-8-7-15(9-14-3-5-16(19)6-4-14)18(17,23-11-17)10-22-13-20-12-21-22;18-15-3-1-13(2-4-15)7-14-5-6-16(9-22,10-23)17(14,24)8-21-12-19-11-20-21;1-16-7-6-14(8-13-2-4-15(18)5-3-13)17(16,22-10-16)9-21-12-19-11-20-21;;;/h3-6,12-13,15H,2,7-11H2,1H3;1-4,11-12,14,22-24H,5-10H2;2-5,11-12,14H,6-10H2,1H3;2*1H4;1H. The summed E-state index contributed by atoms with van der Waals surface area (Å²) in [7, 11) is 0. The van der Waals surface area contributed by atoms with Crippen LogP contribution in [0.1, 0.15) is 90.3 Å². The highest BCUT2D eigenvalue weighted by Gasteiger charge is 2.67. The van der Waals surface area contributed by atoms with Crippen LogP contribution in [0.4, 0.5) is 0 Å². The highest BCUT2D eigenvalue weighted by molar-refractivity contribution is 14.0. The second-order valence-electron chi connectivity index (χ2n) is 20.5. The molecule has 5 aliphatic rings. The molecule has 6 aromatic rings. The van der Waals surface area contributed by atoms with E-state index in [1.54, 1.807) is 30.0 Å². The Morgan fingerprint density at radius 1 is 0.569 bits per heavy atom. The molecule has 3 aliphatic carbocycles. The van der Waals surface area contributed by atoms with Gasteiger partial charge in [0.05, 0.1) is 62.9 Å². The summed E-state index contributed by atoms with van der Waals surface area (Å²) >= 11 is 17.9. The van der Waals surface area contributed by atoms with Gasteiger partial charge in [-0.25, -0.2) is 15.0 Å².